The molecule has 5 nitrogen and oxygen atoms in total. The van der Waals surface area contributed by atoms with E-state index in [1.54, 1.807) is 6.92 Å². The van der Waals surface area contributed by atoms with Crippen LogP contribution in [-0.4, -0.2) is 29.8 Å². The number of carboxylic acid groups (broad SMARTS) is 1. The first kappa shape index (κ1) is 20.2. The van der Waals surface area contributed by atoms with Crippen LogP contribution in [0.4, 0.5) is 0 Å². The Balaban J connectivity index is -0.000000163. The summed E-state index contributed by atoms with van der Waals surface area (Å²) in [4.78, 5) is 9.54. The van der Waals surface area contributed by atoms with Crippen molar-refractivity contribution >= 4 is 16.1 Å². The second-order valence-corrected chi connectivity index (χ2v) is 3.85. The molecule has 0 aliphatic carbocycles. The molecule has 0 aromatic heterocycles. The van der Waals surface area contributed by atoms with Gasteiger partial charge in [0.05, 0.1) is 5.75 Å². The van der Waals surface area contributed by atoms with Gasteiger partial charge < -0.3 is 9.90 Å². The molecule has 0 bridgehead atoms. The third kappa shape index (κ3) is 23.0. The molecule has 0 aliphatic rings. The van der Waals surface area contributed by atoms with Crippen LogP contribution in [0.2, 0.25) is 0 Å². The first-order valence-electron chi connectivity index (χ1n) is 3.48. The minimum absolute atomic E-state index is 0. The zero-order valence-corrected chi connectivity index (χ0v) is 12.5. The summed E-state index contributed by atoms with van der Waals surface area (Å²) in [6.45, 7) is 7.78. The number of rotatable bonds is 3. The standard InChI is InChI=1S/C4H5O2.C3H8O3S.K/c1-3(2)4(5)6;1-2-3-7(4,5)6;/h1H,2H3,(H,5,6);2-3H2,1H3,(H,4,5,6);/q-1;;+1. The SMILES string of the molecule is CCCS(=O)(=O)O.[CH-]=C(C)C(=O)O.[K+]. The first-order chi connectivity index (χ1) is 5.70. The predicted octanol–water partition coefficient (Wildman–Crippen LogP) is -2.26. The summed E-state index contributed by atoms with van der Waals surface area (Å²) in [5, 5.41) is 7.83. The normalized spacial score (nSPS) is 9.07. The van der Waals surface area contributed by atoms with Crippen molar-refractivity contribution in [2.24, 2.45) is 0 Å². The maximum absolute atomic E-state index is 9.79. The Bertz CT molecular complexity index is 258. The molecule has 0 rings (SSSR count). The predicted molar refractivity (Wildman–Crippen MR) is 47.8 cm³/mol. The van der Waals surface area contributed by atoms with Gasteiger partial charge in [0.25, 0.3) is 10.1 Å². The van der Waals surface area contributed by atoms with Crippen molar-refractivity contribution < 1.29 is 74.3 Å². The third-order valence-electron chi connectivity index (χ3n) is 0.799. The summed E-state index contributed by atoms with van der Waals surface area (Å²) in [6.07, 6.45) is 0.471. The molecule has 0 atom stereocenters. The van der Waals surface area contributed by atoms with Gasteiger partial charge in [-0.1, -0.05) is 13.8 Å². The van der Waals surface area contributed by atoms with Gasteiger partial charge in [0.2, 0.25) is 0 Å². The van der Waals surface area contributed by atoms with Crippen LogP contribution in [0.5, 0.6) is 0 Å². The molecule has 0 spiro atoms. The van der Waals surface area contributed by atoms with Crippen LogP contribution in [0.1, 0.15) is 20.3 Å². The largest absolute Gasteiger partial charge is 1.00 e. The van der Waals surface area contributed by atoms with Crippen molar-refractivity contribution in [1.29, 1.82) is 0 Å². The van der Waals surface area contributed by atoms with Crippen LogP contribution in [0.25, 0.3) is 0 Å². The summed E-state index contributed by atoms with van der Waals surface area (Å²) in [5.74, 6) is -1.18. The van der Waals surface area contributed by atoms with E-state index >= 15 is 0 Å². The van der Waals surface area contributed by atoms with E-state index < -0.39 is 16.1 Å². The monoisotopic (exact) mass is 248 g/mol. The number of carboxylic acids is 1. The van der Waals surface area contributed by atoms with Crippen LogP contribution >= 0.6 is 0 Å². The molecule has 0 saturated carbocycles. The molecule has 14 heavy (non-hydrogen) atoms. The zero-order chi connectivity index (χ0) is 11.1. The van der Waals surface area contributed by atoms with Crippen LogP contribution in [0.15, 0.2) is 5.57 Å². The van der Waals surface area contributed by atoms with Gasteiger partial charge in [-0.3, -0.25) is 11.1 Å². The quantitative estimate of drug-likeness (QED) is 0.254. The van der Waals surface area contributed by atoms with Crippen LogP contribution in [0, 0.1) is 6.58 Å². The molecule has 0 saturated heterocycles. The molecular weight excluding hydrogens is 235 g/mol. The van der Waals surface area contributed by atoms with Gasteiger partial charge in [0.15, 0.2) is 5.97 Å². The molecule has 2 N–H and O–H groups in total. The van der Waals surface area contributed by atoms with E-state index in [1.807, 2.05) is 0 Å². The van der Waals surface area contributed by atoms with E-state index in [4.69, 9.17) is 16.2 Å². The Kier molecular flexibility index (Phi) is 14.8. The Morgan fingerprint density at radius 1 is 1.43 bits per heavy atom. The summed E-state index contributed by atoms with van der Waals surface area (Å²) in [5.41, 5.74) is -0.0741. The third-order valence-corrected chi connectivity index (χ3v) is 1.72. The van der Waals surface area contributed by atoms with E-state index in [2.05, 4.69) is 0 Å². The second kappa shape index (κ2) is 10.3. The van der Waals surface area contributed by atoms with Crippen molar-refractivity contribution in [2.75, 3.05) is 5.75 Å². The summed E-state index contributed by atoms with van der Waals surface area (Å²) >= 11 is 0. The molecule has 0 radical (unpaired) electrons. The summed E-state index contributed by atoms with van der Waals surface area (Å²) in [7, 11) is -3.67. The van der Waals surface area contributed by atoms with Gasteiger partial charge in [-0.2, -0.15) is 8.42 Å². The minimum atomic E-state index is -3.67. The molecule has 78 valence electrons. The Hall–Kier alpha value is 0.756. The zero-order valence-electron chi connectivity index (χ0n) is 8.52. The average Bonchev–Trinajstić information content (AvgIpc) is 1.85. The fourth-order valence-electron chi connectivity index (χ4n) is 0.258. The molecule has 0 heterocycles. The van der Waals surface area contributed by atoms with Crippen LogP contribution < -0.4 is 51.4 Å². The van der Waals surface area contributed by atoms with Gasteiger partial charge >= 0.3 is 51.4 Å². The fourth-order valence-corrected chi connectivity index (χ4v) is 0.774. The van der Waals surface area contributed by atoms with Crippen molar-refractivity contribution in [3.63, 3.8) is 0 Å². The van der Waals surface area contributed by atoms with E-state index in [9.17, 15) is 13.2 Å². The van der Waals surface area contributed by atoms with Crippen LogP contribution in [-0.2, 0) is 14.9 Å². The van der Waals surface area contributed by atoms with Crippen molar-refractivity contribution in [3.8, 4) is 0 Å². The summed E-state index contributed by atoms with van der Waals surface area (Å²) < 4.78 is 27.6. The molecule has 0 aromatic rings. The molecule has 0 fully saturated rings. The molecule has 0 amide bonds. The van der Waals surface area contributed by atoms with E-state index in [0.29, 0.717) is 6.42 Å². The van der Waals surface area contributed by atoms with E-state index in [-0.39, 0.29) is 62.7 Å². The van der Waals surface area contributed by atoms with Gasteiger partial charge in [0, 0.05) is 0 Å². The van der Waals surface area contributed by atoms with Crippen molar-refractivity contribution in [2.45, 2.75) is 20.3 Å². The van der Waals surface area contributed by atoms with Gasteiger partial charge in [-0.25, -0.2) is 0 Å². The number of hydrogen-bond donors (Lipinski definition) is 2. The molecule has 0 aliphatic heterocycles. The van der Waals surface area contributed by atoms with Crippen LogP contribution in [0.3, 0.4) is 0 Å². The van der Waals surface area contributed by atoms with Gasteiger partial charge in [-0.05, 0) is 6.42 Å². The molecule has 7 heteroatoms. The Labute approximate surface area is 127 Å². The number of carbonyl (C=O) groups is 1. The number of hydrogen-bond acceptors (Lipinski definition) is 3. The van der Waals surface area contributed by atoms with Crippen molar-refractivity contribution in [1.82, 2.24) is 0 Å². The van der Waals surface area contributed by atoms with E-state index in [1.165, 1.54) is 6.92 Å². The number of aliphatic carboxylic acids is 1. The minimum Gasteiger partial charge on any atom is -0.562 e. The Morgan fingerprint density at radius 2 is 1.71 bits per heavy atom. The second-order valence-electron chi connectivity index (χ2n) is 2.27. The fraction of sp³-hybridized carbons (Fsp3) is 0.571. The summed E-state index contributed by atoms with van der Waals surface area (Å²) in [6, 6.07) is 0. The topological polar surface area (TPSA) is 91.7 Å². The average molecular weight is 248 g/mol. The maximum atomic E-state index is 9.79. The molecular formula is C7H13KO5S. The molecule has 0 aromatic carbocycles. The first-order valence-corrected chi connectivity index (χ1v) is 5.09. The Morgan fingerprint density at radius 3 is 1.71 bits per heavy atom. The smallest absolute Gasteiger partial charge is 0.562 e. The van der Waals surface area contributed by atoms with Gasteiger partial charge in [-0.15, -0.1) is 5.57 Å². The molecule has 0 unspecified atom stereocenters. The van der Waals surface area contributed by atoms with Crippen molar-refractivity contribution in [3.05, 3.63) is 12.2 Å². The van der Waals surface area contributed by atoms with Gasteiger partial charge in [0.1, 0.15) is 0 Å². The van der Waals surface area contributed by atoms with E-state index in [0.717, 1.165) is 0 Å². The maximum Gasteiger partial charge on any atom is 1.00 e.